The number of nitrogens with zero attached hydrogens (tertiary/aromatic N) is 1. The molecule has 138 valence electrons. The number of para-hydroxylation sites is 1. The van der Waals surface area contributed by atoms with Crippen LogP contribution < -0.4 is 10.1 Å². The van der Waals surface area contributed by atoms with Gasteiger partial charge in [-0.25, -0.2) is 0 Å². The standard InChI is InChI=1S/C20H24N2O4/c1-14(20(24)25)13-22(3)15(2)19(23)21-16-9-11-18(12-10-16)26-17-7-5-4-6-8-17/h4-12,14-15H,13H2,1-3H3,(H,21,23)(H,24,25). The second kappa shape index (κ2) is 9.01. The number of anilines is 1. The molecule has 0 aliphatic rings. The summed E-state index contributed by atoms with van der Waals surface area (Å²) in [5.74, 6) is -0.188. The zero-order valence-corrected chi connectivity index (χ0v) is 15.2. The lowest BCUT2D eigenvalue weighted by Gasteiger charge is -2.25. The highest BCUT2D eigenvalue weighted by Gasteiger charge is 2.22. The monoisotopic (exact) mass is 356 g/mol. The highest BCUT2D eigenvalue weighted by atomic mass is 16.5. The first-order chi connectivity index (χ1) is 12.4. The Bertz CT molecular complexity index is 731. The smallest absolute Gasteiger partial charge is 0.307 e. The molecule has 0 aliphatic heterocycles. The summed E-state index contributed by atoms with van der Waals surface area (Å²) in [6, 6.07) is 16.1. The summed E-state index contributed by atoms with van der Waals surface area (Å²) in [4.78, 5) is 25.0. The number of carboxylic acid groups (broad SMARTS) is 1. The Morgan fingerprint density at radius 1 is 1.04 bits per heavy atom. The number of hydrogen-bond acceptors (Lipinski definition) is 4. The molecule has 6 heteroatoms. The molecule has 0 aromatic heterocycles. The van der Waals surface area contributed by atoms with E-state index in [1.54, 1.807) is 50.1 Å². The normalized spacial score (nSPS) is 13.1. The highest BCUT2D eigenvalue weighted by molar-refractivity contribution is 5.94. The van der Waals surface area contributed by atoms with E-state index in [4.69, 9.17) is 9.84 Å². The number of rotatable bonds is 8. The summed E-state index contributed by atoms with van der Waals surface area (Å²) in [7, 11) is 1.74. The van der Waals surface area contributed by atoms with Crippen LogP contribution in [0, 0.1) is 5.92 Å². The number of carbonyl (C=O) groups excluding carboxylic acids is 1. The van der Waals surface area contributed by atoms with E-state index in [0.717, 1.165) is 5.75 Å². The first-order valence-corrected chi connectivity index (χ1v) is 8.43. The molecule has 0 radical (unpaired) electrons. The number of carbonyl (C=O) groups is 2. The minimum atomic E-state index is -0.876. The number of likely N-dealkylation sites (N-methyl/N-ethyl adjacent to an activating group) is 1. The van der Waals surface area contributed by atoms with E-state index in [-0.39, 0.29) is 5.91 Å². The molecule has 2 N–H and O–H groups in total. The second-order valence-corrected chi connectivity index (χ2v) is 6.28. The number of benzene rings is 2. The summed E-state index contributed by atoms with van der Waals surface area (Å²) >= 11 is 0. The maximum Gasteiger partial charge on any atom is 0.307 e. The first kappa shape index (κ1) is 19.5. The number of hydrogen-bond donors (Lipinski definition) is 2. The molecule has 0 fully saturated rings. The van der Waals surface area contributed by atoms with Crippen LogP contribution in [0.3, 0.4) is 0 Å². The molecule has 0 aliphatic carbocycles. The SMILES string of the molecule is CC(CN(C)C(C)C(=O)Nc1ccc(Oc2ccccc2)cc1)C(=O)O. The van der Waals surface area contributed by atoms with Crippen LogP contribution in [0.15, 0.2) is 54.6 Å². The molecule has 0 heterocycles. The molecular formula is C20H24N2O4. The minimum absolute atomic E-state index is 0.193. The predicted octanol–water partition coefficient (Wildman–Crippen LogP) is 3.46. The van der Waals surface area contributed by atoms with Crippen LogP contribution in [0.4, 0.5) is 5.69 Å². The van der Waals surface area contributed by atoms with E-state index >= 15 is 0 Å². The van der Waals surface area contributed by atoms with Gasteiger partial charge in [0.15, 0.2) is 0 Å². The van der Waals surface area contributed by atoms with E-state index in [0.29, 0.717) is 18.0 Å². The van der Waals surface area contributed by atoms with Gasteiger partial charge < -0.3 is 15.2 Å². The molecule has 0 saturated carbocycles. The minimum Gasteiger partial charge on any atom is -0.481 e. The first-order valence-electron chi connectivity index (χ1n) is 8.43. The summed E-state index contributed by atoms with van der Waals surface area (Å²) in [6.45, 7) is 3.67. The molecular weight excluding hydrogens is 332 g/mol. The van der Waals surface area contributed by atoms with Crippen molar-refractivity contribution < 1.29 is 19.4 Å². The van der Waals surface area contributed by atoms with E-state index in [9.17, 15) is 9.59 Å². The van der Waals surface area contributed by atoms with Gasteiger partial charge in [-0.2, -0.15) is 0 Å². The molecule has 0 bridgehead atoms. The van der Waals surface area contributed by atoms with Gasteiger partial charge in [0, 0.05) is 12.2 Å². The Balaban J connectivity index is 1.91. The third kappa shape index (κ3) is 5.60. The van der Waals surface area contributed by atoms with Crippen LogP contribution in [0.1, 0.15) is 13.8 Å². The lowest BCUT2D eigenvalue weighted by Crippen LogP contribution is -2.42. The van der Waals surface area contributed by atoms with E-state index < -0.39 is 17.9 Å². The summed E-state index contributed by atoms with van der Waals surface area (Å²) in [5, 5.41) is 11.8. The molecule has 2 rings (SSSR count). The number of ether oxygens (including phenoxy) is 1. The number of nitrogens with one attached hydrogen (secondary N) is 1. The highest BCUT2D eigenvalue weighted by Crippen LogP contribution is 2.22. The number of amides is 1. The van der Waals surface area contributed by atoms with Crippen molar-refractivity contribution in [2.45, 2.75) is 19.9 Å². The molecule has 26 heavy (non-hydrogen) atoms. The van der Waals surface area contributed by atoms with Crippen molar-refractivity contribution in [3.05, 3.63) is 54.6 Å². The van der Waals surface area contributed by atoms with Gasteiger partial charge in [0.05, 0.1) is 12.0 Å². The van der Waals surface area contributed by atoms with Crippen molar-refractivity contribution in [1.82, 2.24) is 4.90 Å². The van der Waals surface area contributed by atoms with Crippen molar-refractivity contribution in [2.75, 3.05) is 18.9 Å². The van der Waals surface area contributed by atoms with Crippen LogP contribution in [0.25, 0.3) is 0 Å². The fourth-order valence-electron chi connectivity index (χ4n) is 2.35. The summed E-state index contributed by atoms with van der Waals surface area (Å²) in [5.41, 5.74) is 0.655. The quantitative estimate of drug-likeness (QED) is 0.757. The lowest BCUT2D eigenvalue weighted by atomic mass is 10.1. The van der Waals surface area contributed by atoms with Crippen LogP contribution in [-0.2, 0) is 9.59 Å². The topological polar surface area (TPSA) is 78.9 Å². The van der Waals surface area contributed by atoms with E-state index in [1.165, 1.54) is 0 Å². The second-order valence-electron chi connectivity index (χ2n) is 6.28. The molecule has 2 aromatic rings. The van der Waals surface area contributed by atoms with Crippen molar-refractivity contribution >= 4 is 17.6 Å². The van der Waals surface area contributed by atoms with Gasteiger partial charge in [-0.05, 0) is 50.4 Å². The third-order valence-corrected chi connectivity index (χ3v) is 4.12. The fourth-order valence-corrected chi connectivity index (χ4v) is 2.35. The maximum absolute atomic E-state index is 12.3. The average molecular weight is 356 g/mol. The Hall–Kier alpha value is -2.86. The van der Waals surface area contributed by atoms with Gasteiger partial charge in [0.1, 0.15) is 11.5 Å². The Labute approximate surface area is 153 Å². The van der Waals surface area contributed by atoms with Gasteiger partial charge in [-0.3, -0.25) is 14.5 Å². The van der Waals surface area contributed by atoms with Crippen LogP contribution in [-0.4, -0.2) is 41.5 Å². The van der Waals surface area contributed by atoms with Gasteiger partial charge in [0.2, 0.25) is 5.91 Å². The van der Waals surface area contributed by atoms with E-state index in [1.807, 2.05) is 30.3 Å². The fraction of sp³-hybridized carbons (Fsp3) is 0.300. The Kier molecular flexibility index (Phi) is 6.74. The number of carboxylic acids is 1. The van der Waals surface area contributed by atoms with Crippen LogP contribution in [0.5, 0.6) is 11.5 Å². The molecule has 1 amide bonds. The van der Waals surface area contributed by atoms with Gasteiger partial charge in [0.25, 0.3) is 0 Å². The zero-order chi connectivity index (χ0) is 19.1. The molecule has 2 atom stereocenters. The molecule has 2 unspecified atom stereocenters. The van der Waals surface area contributed by atoms with Gasteiger partial charge in [-0.1, -0.05) is 25.1 Å². The zero-order valence-electron chi connectivity index (χ0n) is 15.2. The summed E-state index contributed by atoms with van der Waals surface area (Å²) in [6.07, 6.45) is 0. The third-order valence-electron chi connectivity index (χ3n) is 4.12. The van der Waals surface area contributed by atoms with Gasteiger partial charge in [-0.15, -0.1) is 0 Å². The average Bonchev–Trinajstić information content (AvgIpc) is 2.63. The molecule has 2 aromatic carbocycles. The van der Waals surface area contributed by atoms with Crippen molar-refractivity contribution in [3.63, 3.8) is 0 Å². The van der Waals surface area contributed by atoms with Crippen LogP contribution >= 0.6 is 0 Å². The largest absolute Gasteiger partial charge is 0.481 e. The van der Waals surface area contributed by atoms with Gasteiger partial charge >= 0.3 is 5.97 Å². The Morgan fingerprint density at radius 2 is 1.62 bits per heavy atom. The van der Waals surface area contributed by atoms with Crippen molar-refractivity contribution in [2.24, 2.45) is 5.92 Å². The van der Waals surface area contributed by atoms with E-state index in [2.05, 4.69) is 5.32 Å². The molecule has 0 saturated heterocycles. The molecule has 6 nitrogen and oxygen atoms in total. The predicted molar refractivity (Wildman–Crippen MR) is 100 cm³/mol. The molecule has 0 spiro atoms. The Morgan fingerprint density at radius 3 is 2.19 bits per heavy atom. The number of aliphatic carboxylic acids is 1. The summed E-state index contributed by atoms with van der Waals surface area (Å²) < 4.78 is 5.71. The van der Waals surface area contributed by atoms with Crippen molar-refractivity contribution in [3.8, 4) is 11.5 Å². The van der Waals surface area contributed by atoms with Crippen molar-refractivity contribution in [1.29, 1.82) is 0 Å². The maximum atomic E-state index is 12.3. The lowest BCUT2D eigenvalue weighted by molar-refractivity contribution is -0.142. The van der Waals surface area contributed by atoms with Crippen LogP contribution in [0.2, 0.25) is 0 Å².